The van der Waals surface area contributed by atoms with Crippen LogP contribution in [-0.4, -0.2) is 19.5 Å². The van der Waals surface area contributed by atoms with Crippen LogP contribution in [0.5, 0.6) is 0 Å². The van der Waals surface area contributed by atoms with Gasteiger partial charge in [-0.2, -0.15) is 0 Å². The van der Waals surface area contributed by atoms with E-state index in [0.29, 0.717) is 6.54 Å². The van der Waals surface area contributed by atoms with Gasteiger partial charge in [0.2, 0.25) is 0 Å². The Kier molecular flexibility index (Phi) is 4.66. The molecule has 0 fully saturated rings. The Morgan fingerprint density at radius 1 is 1.41 bits per heavy atom. The number of benzene rings is 1. The predicted molar refractivity (Wildman–Crippen MR) is 70.3 cm³/mol. The number of nitrogens with one attached hydrogen (secondary N) is 2. The fraction of sp³-hybridized carbons (Fsp3) is 0.462. The van der Waals surface area contributed by atoms with E-state index < -0.39 is 0 Å². The van der Waals surface area contributed by atoms with Crippen LogP contribution >= 0.6 is 0 Å². The SMILES string of the molecule is COC(NCC(=N)N)c1cc(C)cc(C)c1C. The molecule has 0 radical (unpaired) electrons. The molecule has 0 bridgehead atoms. The first kappa shape index (κ1) is 13.7. The Morgan fingerprint density at radius 2 is 2.06 bits per heavy atom. The Hall–Kier alpha value is -1.39. The molecule has 0 aromatic heterocycles. The van der Waals surface area contributed by atoms with E-state index >= 15 is 0 Å². The van der Waals surface area contributed by atoms with E-state index in [2.05, 4.69) is 38.2 Å². The Morgan fingerprint density at radius 3 is 2.59 bits per heavy atom. The lowest BCUT2D eigenvalue weighted by Gasteiger charge is -2.21. The van der Waals surface area contributed by atoms with Crippen molar-refractivity contribution in [2.75, 3.05) is 13.7 Å². The molecule has 0 aliphatic carbocycles. The number of ether oxygens (including phenoxy) is 1. The lowest BCUT2D eigenvalue weighted by atomic mass is 9.99. The van der Waals surface area contributed by atoms with Crippen molar-refractivity contribution in [3.63, 3.8) is 0 Å². The number of rotatable bonds is 5. The van der Waals surface area contributed by atoms with Gasteiger partial charge in [0.25, 0.3) is 0 Å². The summed E-state index contributed by atoms with van der Waals surface area (Å²) in [5, 5.41) is 10.3. The van der Waals surface area contributed by atoms with Crippen LogP contribution in [0.25, 0.3) is 0 Å². The fourth-order valence-corrected chi connectivity index (χ4v) is 1.87. The third-order valence-electron chi connectivity index (χ3n) is 2.85. The number of nitrogens with two attached hydrogens (primary N) is 1. The molecule has 1 unspecified atom stereocenters. The van der Waals surface area contributed by atoms with E-state index in [1.165, 1.54) is 16.7 Å². The average molecular weight is 235 g/mol. The molecule has 0 aliphatic heterocycles. The van der Waals surface area contributed by atoms with Crippen molar-refractivity contribution in [1.29, 1.82) is 5.41 Å². The first-order valence-corrected chi connectivity index (χ1v) is 5.62. The van der Waals surface area contributed by atoms with Crippen molar-refractivity contribution in [1.82, 2.24) is 5.32 Å². The molecule has 4 heteroatoms. The third kappa shape index (κ3) is 3.54. The van der Waals surface area contributed by atoms with Gasteiger partial charge in [0.1, 0.15) is 12.1 Å². The number of hydrogen-bond donors (Lipinski definition) is 3. The van der Waals surface area contributed by atoms with Gasteiger partial charge in [-0.1, -0.05) is 17.7 Å². The molecule has 0 saturated heterocycles. The van der Waals surface area contributed by atoms with Gasteiger partial charge < -0.3 is 10.5 Å². The van der Waals surface area contributed by atoms with Crippen molar-refractivity contribution < 1.29 is 4.74 Å². The molecule has 0 spiro atoms. The molecule has 0 aliphatic rings. The molecule has 1 atom stereocenters. The third-order valence-corrected chi connectivity index (χ3v) is 2.85. The molecule has 4 N–H and O–H groups in total. The van der Waals surface area contributed by atoms with Crippen LogP contribution in [0.2, 0.25) is 0 Å². The maximum absolute atomic E-state index is 7.22. The highest BCUT2D eigenvalue weighted by Crippen LogP contribution is 2.22. The lowest BCUT2D eigenvalue weighted by Crippen LogP contribution is -2.32. The highest BCUT2D eigenvalue weighted by atomic mass is 16.5. The predicted octanol–water partition coefficient (Wildman–Crippen LogP) is 1.78. The Bertz CT molecular complexity index is 415. The minimum absolute atomic E-state index is 0.106. The molecule has 94 valence electrons. The van der Waals surface area contributed by atoms with Gasteiger partial charge in [0.15, 0.2) is 0 Å². The molecule has 0 saturated carbocycles. The van der Waals surface area contributed by atoms with Crippen molar-refractivity contribution >= 4 is 5.84 Å². The Labute approximate surface area is 103 Å². The molecule has 0 heterocycles. The highest BCUT2D eigenvalue weighted by molar-refractivity contribution is 5.78. The summed E-state index contributed by atoms with van der Waals surface area (Å²) in [6, 6.07) is 4.25. The van der Waals surface area contributed by atoms with E-state index in [4.69, 9.17) is 15.9 Å². The second-order valence-electron chi connectivity index (χ2n) is 4.32. The second-order valence-corrected chi connectivity index (χ2v) is 4.32. The summed E-state index contributed by atoms with van der Waals surface area (Å²) in [7, 11) is 1.65. The molecule has 17 heavy (non-hydrogen) atoms. The smallest absolute Gasteiger partial charge is 0.134 e. The quantitative estimate of drug-likeness (QED) is 0.414. The summed E-state index contributed by atoms with van der Waals surface area (Å²) in [6.07, 6.45) is -0.225. The van der Waals surface area contributed by atoms with Crippen LogP contribution in [0.1, 0.15) is 28.5 Å². The summed E-state index contributed by atoms with van der Waals surface area (Å²) in [5.74, 6) is 0.106. The summed E-state index contributed by atoms with van der Waals surface area (Å²) < 4.78 is 5.41. The number of aryl methyl sites for hydroxylation is 2. The minimum atomic E-state index is -0.225. The first-order valence-electron chi connectivity index (χ1n) is 5.62. The molecule has 1 aromatic rings. The van der Waals surface area contributed by atoms with Gasteiger partial charge in [-0.15, -0.1) is 0 Å². The van der Waals surface area contributed by atoms with Gasteiger partial charge >= 0.3 is 0 Å². The zero-order valence-electron chi connectivity index (χ0n) is 10.9. The van der Waals surface area contributed by atoms with E-state index in [0.717, 1.165) is 5.56 Å². The first-order chi connectivity index (χ1) is 7.95. The number of methoxy groups -OCH3 is 1. The zero-order valence-corrected chi connectivity index (χ0v) is 10.9. The normalized spacial score (nSPS) is 12.5. The van der Waals surface area contributed by atoms with E-state index in [1.54, 1.807) is 7.11 Å². The van der Waals surface area contributed by atoms with Gasteiger partial charge in [-0.3, -0.25) is 10.7 Å². The topological polar surface area (TPSA) is 71.1 Å². The second kappa shape index (κ2) is 5.80. The van der Waals surface area contributed by atoms with Crippen LogP contribution in [0.4, 0.5) is 0 Å². The highest BCUT2D eigenvalue weighted by Gasteiger charge is 2.14. The average Bonchev–Trinajstić information content (AvgIpc) is 2.25. The molecule has 0 amide bonds. The molecule has 1 aromatic carbocycles. The van der Waals surface area contributed by atoms with Crippen LogP contribution in [0.3, 0.4) is 0 Å². The maximum Gasteiger partial charge on any atom is 0.134 e. The van der Waals surface area contributed by atoms with Gasteiger partial charge in [0, 0.05) is 7.11 Å². The molecular weight excluding hydrogens is 214 g/mol. The van der Waals surface area contributed by atoms with E-state index in [9.17, 15) is 0 Å². The number of amidine groups is 1. The summed E-state index contributed by atoms with van der Waals surface area (Å²) in [4.78, 5) is 0. The lowest BCUT2D eigenvalue weighted by molar-refractivity contribution is 0.0774. The van der Waals surface area contributed by atoms with Crippen molar-refractivity contribution in [3.8, 4) is 0 Å². The maximum atomic E-state index is 7.22. The van der Waals surface area contributed by atoms with Crippen LogP contribution in [-0.2, 0) is 4.74 Å². The molecule has 1 rings (SSSR count). The van der Waals surface area contributed by atoms with Gasteiger partial charge in [-0.25, -0.2) is 0 Å². The summed E-state index contributed by atoms with van der Waals surface area (Å²) in [5.41, 5.74) is 10.1. The van der Waals surface area contributed by atoms with Gasteiger partial charge in [-0.05, 0) is 37.5 Å². The summed E-state index contributed by atoms with van der Waals surface area (Å²) in [6.45, 7) is 6.55. The largest absolute Gasteiger partial charge is 0.387 e. The summed E-state index contributed by atoms with van der Waals surface area (Å²) >= 11 is 0. The van der Waals surface area contributed by atoms with Crippen molar-refractivity contribution in [2.24, 2.45) is 5.73 Å². The van der Waals surface area contributed by atoms with Crippen molar-refractivity contribution in [3.05, 3.63) is 34.4 Å². The van der Waals surface area contributed by atoms with Crippen LogP contribution in [0, 0.1) is 26.2 Å². The van der Waals surface area contributed by atoms with Crippen LogP contribution < -0.4 is 11.1 Å². The Balaban J connectivity index is 2.98. The fourth-order valence-electron chi connectivity index (χ4n) is 1.87. The standard InChI is InChI=1S/C13H21N3O/c1-8-5-9(2)10(3)11(6-8)13(17-4)16-7-12(14)15/h5-6,13,16H,7H2,1-4H3,(H3,14,15). The minimum Gasteiger partial charge on any atom is -0.387 e. The molecule has 4 nitrogen and oxygen atoms in total. The van der Waals surface area contributed by atoms with Crippen LogP contribution in [0.15, 0.2) is 12.1 Å². The van der Waals surface area contributed by atoms with Crippen molar-refractivity contribution in [2.45, 2.75) is 27.0 Å². The monoisotopic (exact) mass is 235 g/mol. The van der Waals surface area contributed by atoms with E-state index in [1.807, 2.05) is 0 Å². The van der Waals surface area contributed by atoms with Gasteiger partial charge in [0.05, 0.1) is 6.54 Å². The molecular formula is C13H21N3O. The zero-order chi connectivity index (χ0) is 13.0. The number of hydrogen-bond acceptors (Lipinski definition) is 3. The van der Waals surface area contributed by atoms with E-state index in [-0.39, 0.29) is 12.1 Å².